The fourth-order valence-corrected chi connectivity index (χ4v) is 7.91. The molecule has 0 radical (unpaired) electrons. The van der Waals surface area contributed by atoms with Crippen LogP contribution in [0, 0.1) is 40.9 Å². The maximum absolute atomic E-state index is 13.3. The fourth-order valence-electron chi connectivity index (χ4n) is 7.91. The van der Waals surface area contributed by atoms with Crippen molar-refractivity contribution in [2.24, 2.45) is 40.9 Å². The van der Waals surface area contributed by atoms with Gasteiger partial charge in [0, 0.05) is 12.3 Å². The van der Waals surface area contributed by atoms with Crippen molar-refractivity contribution >= 4 is 5.78 Å². The van der Waals surface area contributed by atoms with Gasteiger partial charge in [0.05, 0.1) is 0 Å². The molecule has 0 aromatic heterocycles. The summed E-state index contributed by atoms with van der Waals surface area (Å²) in [5, 5.41) is 10.2. The second kappa shape index (κ2) is 6.47. The largest absolute Gasteiger partial charge is 0.417 e. The first-order chi connectivity index (χ1) is 12.6. The summed E-state index contributed by atoms with van der Waals surface area (Å²) in [4.78, 5) is 12.5. The van der Waals surface area contributed by atoms with Gasteiger partial charge in [-0.15, -0.1) is 0 Å². The lowest BCUT2D eigenvalue weighted by Crippen LogP contribution is -2.55. The number of fused-ring (bicyclic) bond motifs is 5. The molecule has 4 aliphatic rings. The molecule has 0 heterocycles. The summed E-state index contributed by atoms with van der Waals surface area (Å²) in [5.41, 5.74) is -2.38. The maximum Gasteiger partial charge on any atom is 0.417 e. The summed E-state index contributed by atoms with van der Waals surface area (Å²) in [5.74, 6) is 2.54. The number of alkyl halides is 3. The molecule has 0 saturated heterocycles. The highest BCUT2D eigenvalue weighted by Crippen LogP contribution is 2.65. The Morgan fingerprint density at radius 2 is 1.70 bits per heavy atom. The predicted molar refractivity (Wildman–Crippen MR) is 96.9 cm³/mol. The Bertz CT molecular complexity index is 603. The third kappa shape index (κ3) is 2.89. The highest BCUT2D eigenvalue weighted by molar-refractivity contribution is 5.81. The van der Waals surface area contributed by atoms with Crippen molar-refractivity contribution in [1.29, 1.82) is 0 Å². The minimum atomic E-state index is -4.51. The van der Waals surface area contributed by atoms with E-state index < -0.39 is 11.8 Å². The minimum Gasteiger partial charge on any atom is -0.380 e. The van der Waals surface area contributed by atoms with Crippen molar-refractivity contribution in [1.82, 2.24) is 0 Å². The predicted octanol–water partition coefficient (Wildman–Crippen LogP) is 5.53. The first-order valence-electron chi connectivity index (χ1n) is 10.9. The van der Waals surface area contributed by atoms with E-state index >= 15 is 0 Å². The average molecular weight is 386 g/mol. The molecule has 4 rings (SSSR count). The Hall–Kier alpha value is -0.580. The Kier molecular flexibility index (Phi) is 4.72. The van der Waals surface area contributed by atoms with Gasteiger partial charge in [-0.25, -0.2) is 0 Å². The topological polar surface area (TPSA) is 37.3 Å². The number of aliphatic hydroxyl groups is 1. The van der Waals surface area contributed by atoms with Gasteiger partial charge in [-0.1, -0.05) is 13.8 Å². The summed E-state index contributed by atoms with van der Waals surface area (Å²) in [7, 11) is 0. The van der Waals surface area contributed by atoms with E-state index in [0.717, 1.165) is 38.5 Å². The molecule has 1 N–H and O–H groups in total. The normalized spacial score (nSPS) is 49.9. The molecule has 0 bridgehead atoms. The van der Waals surface area contributed by atoms with Crippen LogP contribution in [-0.4, -0.2) is 22.7 Å². The van der Waals surface area contributed by atoms with E-state index in [-0.39, 0.29) is 30.1 Å². The maximum atomic E-state index is 13.3. The molecule has 5 heteroatoms. The molecule has 0 unspecified atom stereocenters. The van der Waals surface area contributed by atoms with Crippen LogP contribution in [0.2, 0.25) is 0 Å². The lowest BCUT2D eigenvalue weighted by Gasteiger charge is -2.57. The van der Waals surface area contributed by atoms with Gasteiger partial charge in [0.25, 0.3) is 0 Å². The molecule has 0 aliphatic heterocycles. The van der Waals surface area contributed by atoms with Crippen LogP contribution in [0.25, 0.3) is 0 Å². The van der Waals surface area contributed by atoms with Crippen LogP contribution < -0.4 is 0 Å². The summed E-state index contributed by atoms with van der Waals surface area (Å²) in [6.45, 7) is 4.27. The van der Waals surface area contributed by atoms with Crippen LogP contribution in [0.15, 0.2) is 0 Å². The van der Waals surface area contributed by atoms with Crippen LogP contribution in [0.5, 0.6) is 0 Å². The molecule has 4 aliphatic carbocycles. The number of hydrogen-bond acceptors (Lipinski definition) is 2. The van der Waals surface area contributed by atoms with Gasteiger partial charge in [-0.3, -0.25) is 4.79 Å². The number of ketones is 1. The third-order valence-electron chi connectivity index (χ3n) is 9.27. The van der Waals surface area contributed by atoms with Gasteiger partial charge < -0.3 is 5.11 Å². The van der Waals surface area contributed by atoms with Crippen LogP contribution in [-0.2, 0) is 4.79 Å². The third-order valence-corrected chi connectivity index (χ3v) is 9.27. The van der Waals surface area contributed by atoms with Gasteiger partial charge in [0.1, 0.15) is 5.78 Å². The van der Waals surface area contributed by atoms with E-state index in [1.807, 2.05) is 6.92 Å². The molecule has 0 aromatic rings. The zero-order valence-electron chi connectivity index (χ0n) is 16.5. The Labute approximate surface area is 160 Å². The number of carbonyl (C=O) groups excluding carboxylic acids is 1. The monoisotopic (exact) mass is 386 g/mol. The van der Waals surface area contributed by atoms with Gasteiger partial charge in [-0.2, -0.15) is 13.2 Å². The van der Waals surface area contributed by atoms with E-state index in [2.05, 4.69) is 6.92 Å². The molecule has 8 atom stereocenters. The van der Waals surface area contributed by atoms with Crippen molar-refractivity contribution < 1.29 is 23.1 Å². The second-order valence-corrected chi connectivity index (χ2v) is 10.2. The molecule has 2 nitrogen and oxygen atoms in total. The molecule has 154 valence electrons. The van der Waals surface area contributed by atoms with Crippen LogP contribution >= 0.6 is 0 Å². The number of halogens is 3. The standard InChI is InChI=1S/C22H33F3O2/c1-3-19(26)18-7-6-17-16-5-4-13-12-21(27,22(23,24)25)11-9-14(13)15(16)8-10-20(17,18)2/h13-18,27H,3-12H2,1-2H3/t13-,14+,15-,16-,17+,18-,20+,21-/m1/s1. The number of Topliss-reactive ketones (excluding diaryl/α,β-unsaturated/α-hetero) is 1. The highest BCUT2D eigenvalue weighted by Gasteiger charge is 2.62. The number of hydrogen-bond donors (Lipinski definition) is 1. The van der Waals surface area contributed by atoms with Crippen molar-refractivity contribution in [3.63, 3.8) is 0 Å². The number of carbonyl (C=O) groups is 1. The van der Waals surface area contributed by atoms with Crippen LogP contribution in [0.1, 0.15) is 78.1 Å². The smallest absolute Gasteiger partial charge is 0.380 e. The lowest BCUT2D eigenvalue weighted by molar-refractivity contribution is -0.282. The summed E-state index contributed by atoms with van der Waals surface area (Å²) in [6.07, 6.45) is 2.35. The summed E-state index contributed by atoms with van der Waals surface area (Å²) in [6, 6.07) is 0. The summed E-state index contributed by atoms with van der Waals surface area (Å²) >= 11 is 0. The van der Waals surface area contributed by atoms with E-state index in [9.17, 15) is 23.1 Å². The molecule has 0 aromatic carbocycles. The molecule has 0 amide bonds. The molecule has 27 heavy (non-hydrogen) atoms. The first-order valence-corrected chi connectivity index (χ1v) is 10.9. The molecule has 4 saturated carbocycles. The van der Waals surface area contributed by atoms with Crippen LogP contribution in [0.3, 0.4) is 0 Å². The Balaban J connectivity index is 1.52. The summed E-state index contributed by atoms with van der Waals surface area (Å²) < 4.78 is 39.9. The molecule has 0 spiro atoms. The lowest BCUT2D eigenvalue weighted by atomic mass is 9.48. The fraction of sp³-hybridized carbons (Fsp3) is 0.955. The quantitative estimate of drug-likeness (QED) is 0.678. The minimum absolute atomic E-state index is 0.00505. The SMILES string of the molecule is CCC(=O)[C@H]1CC[C@H]2[C@@H]3CC[C@@H]4C[C@@](O)(C(F)(F)F)CC[C@@H]4[C@H]3CC[C@]12C. The highest BCUT2D eigenvalue weighted by atomic mass is 19.4. The van der Waals surface area contributed by atoms with E-state index in [0.29, 0.717) is 42.3 Å². The van der Waals surface area contributed by atoms with Crippen LogP contribution in [0.4, 0.5) is 13.2 Å². The molecular formula is C22H33F3O2. The zero-order chi connectivity index (χ0) is 19.6. The van der Waals surface area contributed by atoms with Crippen molar-refractivity contribution in [2.45, 2.75) is 89.8 Å². The van der Waals surface area contributed by atoms with Crippen molar-refractivity contribution in [3.8, 4) is 0 Å². The Morgan fingerprint density at radius 3 is 2.37 bits per heavy atom. The van der Waals surface area contributed by atoms with E-state index in [1.54, 1.807) is 0 Å². The van der Waals surface area contributed by atoms with Crippen molar-refractivity contribution in [2.75, 3.05) is 0 Å². The first kappa shape index (κ1) is 19.7. The van der Waals surface area contributed by atoms with Gasteiger partial charge in [-0.05, 0) is 92.8 Å². The average Bonchev–Trinajstić information content (AvgIpc) is 2.97. The van der Waals surface area contributed by atoms with E-state index in [4.69, 9.17) is 0 Å². The van der Waals surface area contributed by atoms with Gasteiger partial charge in [0.15, 0.2) is 5.60 Å². The van der Waals surface area contributed by atoms with Gasteiger partial charge in [0.2, 0.25) is 0 Å². The van der Waals surface area contributed by atoms with E-state index in [1.165, 1.54) is 0 Å². The van der Waals surface area contributed by atoms with Crippen molar-refractivity contribution in [3.05, 3.63) is 0 Å². The van der Waals surface area contributed by atoms with Gasteiger partial charge >= 0.3 is 6.18 Å². The molecular weight excluding hydrogens is 353 g/mol. The number of rotatable bonds is 2. The molecule has 4 fully saturated rings. The Morgan fingerprint density at radius 1 is 1.00 bits per heavy atom. The second-order valence-electron chi connectivity index (χ2n) is 10.2. The zero-order valence-corrected chi connectivity index (χ0v) is 16.5.